The van der Waals surface area contributed by atoms with Crippen molar-refractivity contribution >= 4 is 15.9 Å². The third kappa shape index (κ3) is 4.79. The number of nitrogens with two attached hydrogens (primary N) is 1. The second kappa shape index (κ2) is 7.87. The summed E-state index contributed by atoms with van der Waals surface area (Å²) in [6, 6.07) is 3.94. The van der Waals surface area contributed by atoms with Gasteiger partial charge in [0.25, 0.3) is 0 Å². The Kier molecular flexibility index (Phi) is 6.80. The molecule has 0 aliphatic heterocycles. The van der Waals surface area contributed by atoms with Gasteiger partial charge in [-0.2, -0.15) is 0 Å². The summed E-state index contributed by atoms with van der Waals surface area (Å²) in [5.41, 5.74) is 5.74. The van der Waals surface area contributed by atoms with E-state index in [9.17, 15) is 0 Å². The number of rotatable bonds is 8. The molecule has 1 aromatic heterocycles. The molecule has 0 bridgehead atoms. The Morgan fingerprint density at radius 2 is 2.12 bits per heavy atom. The first-order valence-corrected chi connectivity index (χ1v) is 6.91. The Bertz CT molecular complexity index is 312. The van der Waals surface area contributed by atoms with E-state index >= 15 is 0 Å². The molecule has 1 heterocycles. The Morgan fingerprint density at radius 1 is 1.41 bits per heavy atom. The highest BCUT2D eigenvalue weighted by molar-refractivity contribution is 9.10. The van der Waals surface area contributed by atoms with Crippen molar-refractivity contribution in [3.05, 3.63) is 22.6 Å². The van der Waals surface area contributed by atoms with E-state index in [1.807, 2.05) is 12.1 Å². The van der Waals surface area contributed by atoms with E-state index in [4.69, 9.17) is 10.2 Å². The summed E-state index contributed by atoms with van der Waals surface area (Å²) in [6.07, 6.45) is 0. The van der Waals surface area contributed by atoms with E-state index in [0.717, 1.165) is 36.6 Å². The van der Waals surface area contributed by atoms with Crippen molar-refractivity contribution in [3.63, 3.8) is 0 Å². The van der Waals surface area contributed by atoms with E-state index in [1.165, 1.54) is 0 Å². The van der Waals surface area contributed by atoms with Gasteiger partial charge in [0.2, 0.25) is 0 Å². The van der Waals surface area contributed by atoms with Crippen LogP contribution in [0.5, 0.6) is 0 Å². The Balaban J connectivity index is 2.38. The Labute approximate surface area is 112 Å². The minimum Gasteiger partial charge on any atom is -0.453 e. The molecule has 17 heavy (non-hydrogen) atoms. The highest BCUT2D eigenvalue weighted by Gasteiger charge is 2.13. The summed E-state index contributed by atoms with van der Waals surface area (Å²) >= 11 is 3.30. The van der Waals surface area contributed by atoms with Gasteiger partial charge < -0.3 is 20.4 Å². The van der Waals surface area contributed by atoms with Crippen molar-refractivity contribution in [1.82, 2.24) is 10.2 Å². The lowest BCUT2D eigenvalue weighted by Gasteiger charge is -2.20. The molecule has 1 rings (SSSR count). The standard InChI is InChI=1S/C12H22BrN3O/c1-3-16(4-2)8-7-15-10(9-14)11-5-6-12(13)17-11/h5-6,10,15H,3-4,7-9,14H2,1-2H3. The molecule has 0 radical (unpaired) electrons. The fourth-order valence-corrected chi connectivity index (χ4v) is 2.07. The van der Waals surface area contributed by atoms with Crippen LogP contribution in [0.1, 0.15) is 25.6 Å². The van der Waals surface area contributed by atoms with E-state index in [-0.39, 0.29) is 6.04 Å². The molecule has 0 aliphatic rings. The first kappa shape index (κ1) is 14.7. The smallest absolute Gasteiger partial charge is 0.169 e. The van der Waals surface area contributed by atoms with Crippen molar-refractivity contribution in [3.8, 4) is 0 Å². The Morgan fingerprint density at radius 3 is 2.59 bits per heavy atom. The molecular weight excluding hydrogens is 282 g/mol. The predicted molar refractivity (Wildman–Crippen MR) is 74.0 cm³/mol. The maximum Gasteiger partial charge on any atom is 0.169 e. The summed E-state index contributed by atoms with van der Waals surface area (Å²) in [6.45, 7) is 9.00. The molecule has 0 fully saturated rings. The van der Waals surface area contributed by atoms with Gasteiger partial charge in [-0.25, -0.2) is 0 Å². The van der Waals surface area contributed by atoms with Crippen molar-refractivity contribution in [2.24, 2.45) is 5.73 Å². The number of hydrogen-bond acceptors (Lipinski definition) is 4. The SMILES string of the molecule is CCN(CC)CCNC(CN)c1ccc(Br)o1. The highest BCUT2D eigenvalue weighted by Crippen LogP contribution is 2.19. The van der Waals surface area contributed by atoms with Crippen LogP contribution in [0, 0.1) is 0 Å². The van der Waals surface area contributed by atoms with Crippen LogP contribution in [0.15, 0.2) is 21.2 Å². The number of likely N-dealkylation sites (N-methyl/N-ethyl adjacent to an activating group) is 1. The zero-order valence-electron chi connectivity index (χ0n) is 10.6. The van der Waals surface area contributed by atoms with Crippen LogP contribution in [-0.4, -0.2) is 37.6 Å². The lowest BCUT2D eigenvalue weighted by atomic mass is 10.2. The molecule has 1 unspecified atom stereocenters. The second-order valence-corrected chi connectivity index (χ2v) is 4.69. The van der Waals surface area contributed by atoms with Crippen molar-refractivity contribution in [2.45, 2.75) is 19.9 Å². The van der Waals surface area contributed by atoms with Crippen molar-refractivity contribution < 1.29 is 4.42 Å². The molecular formula is C12H22BrN3O. The Hall–Kier alpha value is -0.360. The topological polar surface area (TPSA) is 54.4 Å². The van der Waals surface area contributed by atoms with E-state index in [1.54, 1.807) is 0 Å². The molecule has 0 amide bonds. The van der Waals surface area contributed by atoms with E-state index < -0.39 is 0 Å². The van der Waals surface area contributed by atoms with Gasteiger partial charge in [0.1, 0.15) is 5.76 Å². The van der Waals surface area contributed by atoms with Crippen LogP contribution in [0.3, 0.4) is 0 Å². The van der Waals surface area contributed by atoms with Gasteiger partial charge in [-0.15, -0.1) is 0 Å². The number of nitrogens with one attached hydrogen (secondary N) is 1. The molecule has 0 aliphatic carbocycles. The molecule has 3 N–H and O–H groups in total. The fourth-order valence-electron chi connectivity index (χ4n) is 1.75. The number of hydrogen-bond donors (Lipinski definition) is 2. The average molecular weight is 304 g/mol. The molecule has 1 atom stereocenters. The summed E-state index contributed by atoms with van der Waals surface area (Å²) in [5.74, 6) is 0.888. The number of furan rings is 1. The zero-order chi connectivity index (χ0) is 12.7. The second-order valence-electron chi connectivity index (χ2n) is 3.91. The predicted octanol–water partition coefficient (Wildman–Crippen LogP) is 1.97. The van der Waals surface area contributed by atoms with Crippen LogP contribution in [0.25, 0.3) is 0 Å². The molecule has 1 aromatic rings. The van der Waals surface area contributed by atoms with Gasteiger partial charge in [-0.3, -0.25) is 0 Å². The van der Waals surface area contributed by atoms with Gasteiger partial charge in [0, 0.05) is 19.6 Å². The molecule has 0 saturated heterocycles. The molecule has 0 saturated carbocycles. The fraction of sp³-hybridized carbons (Fsp3) is 0.667. The quantitative estimate of drug-likeness (QED) is 0.771. The lowest BCUT2D eigenvalue weighted by molar-refractivity contribution is 0.291. The maximum absolute atomic E-state index is 5.74. The third-order valence-electron chi connectivity index (χ3n) is 2.89. The zero-order valence-corrected chi connectivity index (χ0v) is 12.2. The summed E-state index contributed by atoms with van der Waals surface area (Å²) < 4.78 is 6.25. The summed E-state index contributed by atoms with van der Waals surface area (Å²) in [5, 5.41) is 3.42. The van der Waals surface area contributed by atoms with Crippen molar-refractivity contribution in [2.75, 3.05) is 32.7 Å². The monoisotopic (exact) mass is 303 g/mol. The van der Waals surface area contributed by atoms with Gasteiger partial charge in [0.05, 0.1) is 6.04 Å². The van der Waals surface area contributed by atoms with Crippen LogP contribution in [-0.2, 0) is 0 Å². The van der Waals surface area contributed by atoms with E-state index in [2.05, 4.69) is 40.0 Å². The minimum atomic E-state index is 0.0943. The van der Waals surface area contributed by atoms with Gasteiger partial charge in [-0.05, 0) is 41.2 Å². The van der Waals surface area contributed by atoms with Crippen LogP contribution < -0.4 is 11.1 Å². The molecule has 4 nitrogen and oxygen atoms in total. The van der Waals surface area contributed by atoms with Crippen LogP contribution in [0.2, 0.25) is 0 Å². The number of nitrogens with zero attached hydrogens (tertiary/aromatic N) is 1. The molecule has 5 heteroatoms. The third-order valence-corrected chi connectivity index (χ3v) is 3.31. The van der Waals surface area contributed by atoms with Crippen molar-refractivity contribution in [1.29, 1.82) is 0 Å². The maximum atomic E-state index is 5.74. The van der Waals surface area contributed by atoms with Gasteiger partial charge in [-0.1, -0.05) is 13.8 Å². The molecule has 0 aromatic carbocycles. The first-order chi connectivity index (χ1) is 8.21. The summed E-state index contributed by atoms with van der Waals surface area (Å²) in [4.78, 5) is 2.37. The van der Waals surface area contributed by atoms with Crippen LogP contribution in [0.4, 0.5) is 0 Å². The van der Waals surface area contributed by atoms with E-state index in [0.29, 0.717) is 6.54 Å². The first-order valence-electron chi connectivity index (χ1n) is 6.12. The summed E-state index contributed by atoms with van der Waals surface area (Å²) in [7, 11) is 0. The molecule has 0 spiro atoms. The van der Waals surface area contributed by atoms with Gasteiger partial charge >= 0.3 is 0 Å². The molecule has 98 valence electrons. The van der Waals surface area contributed by atoms with Crippen LogP contribution >= 0.6 is 15.9 Å². The number of halogens is 1. The largest absolute Gasteiger partial charge is 0.453 e. The minimum absolute atomic E-state index is 0.0943. The average Bonchev–Trinajstić information content (AvgIpc) is 2.76. The highest BCUT2D eigenvalue weighted by atomic mass is 79.9. The lowest BCUT2D eigenvalue weighted by Crippen LogP contribution is -2.36. The normalized spacial score (nSPS) is 13.2. The van der Waals surface area contributed by atoms with Gasteiger partial charge in [0.15, 0.2) is 4.67 Å².